The Labute approximate surface area is 109 Å². The Morgan fingerprint density at radius 3 is 2.68 bits per heavy atom. The minimum absolute atomic E-state index is 0.0574. The second kappa shape index (κ2) is 5.72. The fraction of sp³-hybridized carbons (Fsp3) is 0.0769. The summed E-state index contributed by atoms with van der Waals surface area (Å²) in [7, 11) is 0. The van der Waals surface area contributed by atoms with Gasteiger partial charge in [-0.15, -0.1) is 0 Å². The third-order valence-electron chi connectivity index (χ3n) is 2.33. The van der Waals surface area contributed by atoms with Crippen LogP contribution in [-0.2, 0) is 0 Å². The molecule has 1 aromatic heterocycles. The molecule has 96 valence electrons. The molecule has 0 bridgehead atoms. The van der Waals surface area contributed by atoms with Crippen LogP contribution in [0, 0.1) is 0 Å². The number of rotatable bonds is 3. The Bertz CT molecular complexity index is 599. The zero-order valence-electron chi connectivity index (χ0n) is 10.3. The highest BCUT2D eigenvalue weighted by atomic mass is 16.2. The van der Waals surface area contributed by atoms with Gasteiger partial charge in [-0.3, -0.25) is 15.1 Å². The predicted octanol–water partition coefficient (Wildman–Crippen LogP) is 2.32. The van der Waals surface area contributed by atoms with E-state index in [2.05, 4.69) is 20.6 Å². The molecule has 0 saturated heterocycles. The molecule has 0 unspecified atom stereocenters. The second-order valence-corrected chi connectivity index (χ2v) is 3.81. The van der Waals surface area contributed by atoms with Gasteiger partial charge < -0.3 is 5.32 Å². The summed E-state index contributed by atoms with van der Waals surface area (Å²) in [5.74, 6) is 0.292. The Morgan fingerprint density at radius 2 is 2.00 bits per heavy atom. The smallest absolute Gasteiger partial charge is 0.308 e. The molecule has 0 aliphatic carbocycles. The molecule has 0 saturated carbocycles. The molecule has 1 heterocycles. The third-order valence-corrected chi connectivity index (χ3v) is 2.33. The van der Waals surface area contributed by atoms with Gasteiger partial charge >= 0.3 is 6.03 Å². The maximum absolute atomic E-state index is 11.7. The van der Waals surface area contributed by atoms with Crippen molar-refractivity contribution in [1.29, 1.82) is 0 Å². The molecule has 0 aliphatic heterocycles. The first kappa shape index (κ1) is 12.7. The van der Waals surface area contributed by atoms with Crippen LogP contribution in [0.4, 0.5) is 16.3 Å². The summed E-state index contributed by atoms with van der Waals surface area (Å²) in [6.45, 7) is 1.47. The second-order valence-electron chi connectivity index (χ2n) is 3.81. The molecule has 2 N–H and O–H groups in total. The van der Waals surface area contributed by atoms with Gasteiger partial charge in [-0.25, -0.2) is 9.78 Å². The van der Waals surface area contributed by atoms with Crippen molar-refractivity contribution < 1.29 is 9.59 Å². The summed E-state index contributed by atoms with van der Waals surface area (Å²) in [5, 5.41) is 5.15. The fourth-order valence-electron chi connectivity index (χ4n) is 1.46. The van der Waals surface area contributed by atoms with Crippen LogP contribution < -0.4 is 10.6 Å². The number of aromatic nitrogens is 2. The van der Waals surface area contributed by atoms with Gasteiger partial charge in [0.1, 0.15) is 0 Å². The van der Waals surface area contributed by atoms with E-state index in [0.29, 0.717) is 17.1 Å². The highest BCUT2D eigenvalue weighted by Crippen LogP contribution is 2.11. The van der Waals surface area contributed by atoms with E-state index >= 15 is 0 Å². The lowest BCUT2D eigenvalue weighted by Gasteiger charge is -2.07. The summed E-state index contributed by atoms with van der Waals surface area (Å²) in [6.07, 6.45) is 4.43. The lowest BCUT2D eigenvalue weighted by molar-refractivity contribution is 0.101. The van der Waals surface area contributed by atoms with Crippen molar-refractivity contribution in [2.24, 2.45) is 0 Å². The summed E-state index contributed by atoms with van der Waals surface area (Å²) in [6, 6.07) is 6.26. The van der Waals surface area contributed by atoms with Crippen molar-refractivity contribution in [3.63, 3.8) is 0 Å². The molecule has 1 aromatic carbocycles. The van der Waals surface area contributed by atoms with Gasteiger partial charge in [-0.1, -0.05) is 12.1 Å². The van der Waals surface area contributed by atoms with E-state index in [9.17, 15) is 9.59 Å². The van der Waals surface area contributed by atoms with Gasteiger partial charge in [0, 0.05) is 23.6 Å². The number of amides is 2. The first-order valence-corrected chi connectivity index (χ1v) is 5.60. The van der Waals surface area contributed by atoms with Gasteiger partial charge in [0.2, 0.25) is 0 Å². The molecule has 2 amide bonds. The van der Waals surface area contributed by atoms with Crippen LogP contribution >= 0.6 is 0 Å². The molecule has 6 heteroatoms. The van der Waals surface area contributed by atoms with Gasteiger partial charge in [-0.05, 0) is 19.1 Å². The van der Waals surface area contributed by atoms with Crippen molar-refractivity contribution in [3.05, 3.63) is 48.4 Å². The maximum atomic E-state index is 11.7. The van der Waals surface area contributed by atoms with E-state index in [1.54, 1.807) is 24.3 Å². The summed E-state index contributed by atoms with van der Waals surface area (Å²) >= 11 is 0. The minimum atomic E-state index is -0.443. The molecular weight excluding hydrogens is 244 g/mol. The molecule has 2 rings (SSSR count). The topological polar surface area (TPSA) is 84.0 Å². The van der Waals surface area contributed by atoms with Crippen molar-refractivity contribution in [2.45, 2.75) is 6.92 Å². The predicted molar refractivity (Wildman–Crippen MR) is 71.1 cm³/mol. The number of anilines is 2. The SMILES string of the molecule is CC(=O)c1cccc(NC(=O)Nc2cnccn2)c1. The van der Waals surface area contributed by atoms with Gasteiger partial charge in [0.15, 0.2) is 11.6 Å². The first-order valence-electron chi connectivity index (χ1n) is 5.60. The normalized spacial score (nSPS) is 9.74. The number of nitrogens with one attached hydrogen (secondary N) is 2. The van der Waals surface area contributed by atoms with E-state index in [0.717, 1.165) is 0 Å². The van der Waals surface area contributed by atoms with Gasteiger partial charge in [0.25, 0.3) is 0 Å². The average Bonchev–Trinajstić information content (AvgIpc) is 2.40. The quantitative estimate of drug-likeness (QED) is 0.825. The zero-order chi connectivity index (χ0) is 13.7. The highest BCUT2D eigenvalue weighted by molar-refractivity contribution is 6.00. The monoisotopic (exact) mass is 256 g/mol. The van der Waals surface area contributed by atoms with Crippen molar-refractivity contribution in [2.75, 3.05) is 10.6 Å². The van der Waals surface area contributed by atoms with Crippen molar-refractivity contribution in [1.82, 2.24) is 9.97 Å². The van der Waals surface area contributed by atoms with Crippen LogP contribution in [0.5, 0.6) is 0 Å². The van der Waals surface area contributed by atoms with Gasteiger partial charge in [0.05, 0.1) is 6.20 Å². The Morgan fingerprint density at radius 1 is 1.16 bits per heavy atom. The number of carbonyl (C=O) groups excluding carboxylic acids is 2. The van der Waals surface area contributed by atoms with Crippen LogP contribution in [0.25, 0.3) is 0 Å². The minimum Gasteiger partial charge on any atom is -0.308 e. The summed E-state index contributed by atoms with van der Waals surface area (Å²) in [5.41, 5.74) is 1.08. The number of hydrogen-bond acceptors (Lipinski definition) is 4. The Hall–Kier alpha value is -2.76. The Kier molecular flexibility index (Phi) is 3.82. The van der Waals surface area contributed by atoms with Crippen LogP contribution in [0.1, 0.15) is 17.3 Å². The molecule has 0 fully saturated rings. The lowest BCUT2D eigenvalue weighted by atomic mass is 10.1. The highest BCUT2D eigenvalue weighted by Gasteiger charge is 2.05. The summed E-state index contributed by atoms with van der Waals surface area (Å²) in [4.78, 5) is 30.7. The molecule has 0 radical (unpaired) electrons. The van der Waals surface area contributed by atoms with Gasteiger partial charge in [-0.2, -0.15) is 0 Å². The molecule has 0 atom stereocenters. The maximum Gasteiger partial charge on any atom is 0.324 e. The van der Waals surface area contributed by atoms with Crippen molar-refractivity contribution in [3.8, 4) is 0 Å². The molecule has 19 heavy (non-hydrogen) atoms. The van der Waals surface area contributed by atoms with E-state index in [1.165, 1.54) is 25.5 Å². The number of benzene rings is 1. The van der Waals surface area contributed by atoms with Crippen LogP contribution in [0.15, 0.2) is 42.9 Å². The molecular formula is C13H12N4O2. The third kappa shape index (κ3) is 3.60. The van der Waals surface area contributed by atoms with Crippen molar-refractivity contribution >= 4 is 23.3 Å². The number of Topliss-reactive ketones (excluding diaryl/α,β-unsaturated/α-hetero) is 1. The van der Waals surface area contributed by atoms with E-state index in [-0.39, 0.29) is 5.78 Å². The largest absolute Gasteiger partial charge is 0.324 e. The average molecular weight is 256 g/mol. The molecule has 0 spiro atoms. The molecule has 2 aromatic rings. The van der Waals surface area contributed by atoms with Crippen LogP contribution in [0.2, 0.25) is 0 Å². The van der Waals surface area contributed by atoms with Crippen LogP contribution in [-0.4, -0.2) is 21.8 Å². The van der Waals surface area contributed by atoms with E-state index < -0.39 is 6.03 Å². The number of ketones is 1. The fourth-order valence-corrected chi connectivity index (χ4v) is 1.46. The number of nitrogens with zero attached hydrogens (tertiary/aromatic N) is 2. The first-order chi connectivity index (χ1) is 9.15. The standard InChI is InChI=1S/C13H12N4O2/c1-9(18)10-3-2-4-11(7-10)16-13(19)17-12-8-14-5-6-15-12/h2-8H,1H3,(H2,15,16,17,19). The number of hydrogen-bond donors (Lipinski definition) is 2. The molecule has 0 aliphatic rings. The van der Waals surface area contributed by atoms with E-state index in [4.69, 9.17) is 0 Å². The van der Waals surface area contributed by atoms with E-state index in [1.807, 2.05) is 0 Å². The molecule has 6 nitrogen and oxygen atoms in total. The zero-order valence-corrected chi connectivity index (χ0v) is 10.3. The lowest BCUT2D eigenvalue weighted by Crippen LogP contribution is -2.20. The number of carbonyl (C=O) groups is 2. The van der Waals surface area contributed by atoms with Crippen LogP contribution in [0.3, 0.4) is 0 Å². The number of urea groups is 1. The Balaban J connectivity index is 2.03. The summed E-state index contributed by atoms with van der Waals surface area (Å²) < 4.78 is 0.